The number of hydrogen-bond donors (Lipinski definition) is 1. The summed E-state index contributed by atoms with van der Waals surface area (Å²) in [5, 5.41) is 4.51. The average Bonchev–Trinajstić information content (AvgIpc) is 2.67. The van der Waals surface area contributed by atoms with Crippen molar-refractivity contribution in [3.63, 3.8) is 0 Å². The first-order valence-corrected chi connectivity index (χ1v) is 7.16. The summed E-state index contributed by atoms with van der Waals surface area (Å²) in [4.78, 5) is 4.59. The Hall–Kier alpha value is -0.610. The van der Waals surface area contributed by atoms with Crippen LogP contribution in [0.5, 0.6) is 0 Å². The van der Waals surface area contributed by atoms with Crippen LogP contribution >= 0.6 is 27.3 Å². The molecule has 0 bridgehead atoms. The van der Waals surface area contributed by atoms with E-state index in [9.17, 15) is 0 Å². The number of fused-ring (bicyclic) bond motifs is 1. The second-order valence-electron chi connectivity index (χ2n) is 3.79. The van der Waals surface area contributed by atoms with E-state index in [1.807, 2.05) is 0 Å². The average molecular weight is 299 g/mol. The molecule has 0 saturated carbocycles. The fraction of sp³-hybridized carbons (Fsp3) is 0.417. The molecule has 4 heteroatoms. The van der Waals surface area contributed by atoms with Crippen molar-refractivity contribution in [3.8, 4) is 0 Å². The highest BCUT2D eigenvalue weighted by Crippen LogP contribution is 2.28. The molecular formula is C12H15BrN2S. The van der Waals surface area contributed by atoms with Crippen molar-refractivity contribution in [3.05, 3.63) is 22.7 Å². The van der Waals surface area contributed by atoms with Gasteiger partial charge in [0.15, 0.2) is 5.13 Å². The predicted molar refractivity (Wildman–Crippen MR) is 75.3 cm³/mol. The number of rotatable bonds is 4. The molecule has 16 heavy (non-hydrogen) atoms. The first kappa shape index (κ1) is 11.9. The minimum atomic E-state index is 0.531. The minimum absolute atomic E-state index is 0.531. The molecule has 0 saturated heterocycles. The van der Waals surface area contributed by atoms with E-state index in [1.54, 1.807) is 11.3 Å². The third-order valence-electron chi connectivity index (χ3n) is 2.66. The third-order valence-corrected chi connectivity index (χ3v) is 4.12. The van der Waals surface area contributed by atoms with E-state index >= 15 is 0 Å². The number of nitrogens with one attached hydrogen (secondary N) is 1. The second-order valence-corrected chi connectivity index (χ2v) is 5.74. The van der Waals surface area contributed by atoms with Gasteiger partial charge < -0.3 is 5.32 Å². The Morgan fingerprint density at radius 1 is 1.38 bits per heavy atom. The molecule has 0 aliphatic heterocycles. The van der Waals surface area contributed by atoms with Crippen molar-refractivity contribution < 1.29 is 0 Å². The Labute approximate surface area is 108 Å². The van der Waals surface area contributed by atoms with Gasteiger partial charge in [0.25, 0.3) is 0 Å². The maximum atomic E-state index is 4.59. The monoisotopic (exact) mass is 298 g/mol. The summed E-state index contributed by atoms with van der Waals surface area (Å²) in [6.07, 6.45) is 2.27. The summed E-state index contributed by atoms with van der Waals surface area (Å²) < 4.78 is 2.32. The number of thiazole rings is 1. The van der Waals surface area contributed by atoms with Gasteiger partial charge in [0.1, 0.15) is 0 Å². The number of benzene rings is 1. The Morgan fingerprint density at radius 3 is 2.81 bits per heavy atom. The maximum absolute atomic E-state index is 4.59. The van der Waals surface area contributed by atoms with E-state index in [-0.39, 0.29) is 0 Å². The summed E-state index contributed by atoms with van der Waals surface area (Å²) in [6, 6.07) is 6.75. The van der Waals surface area contributed by atoms with Crippen LogP contribution in [0.15, 0.2) is 22.7 Å². The van der Waals surface area contributed by atoms with Crippen molar-refractivity contribution >= 4 is 42.6 Å². The van der Waals surface area contributed by atoms with Crippen molar-refractivity contribution in [1.29, 1.82) is 0 Å². The van der Waals surface area contributed by atoms with Gasteiger partial charge in [-0.2, -0.15) is 0 Å². The van der Waals surface area contributed by atoms with Crippen LogP contribution in [0.4, 0.5) is 5.13 Å². The van der Waals surface area contributed by atoms with Crippen molar-refractivity contribution in [2.75, 3.05) is 5.32 Å². The summed E-state index contributed by atoms with van der Waals surface area (Å²) in [6.45, 7) is 4.40. The highest BCUT2D eigenvalue weighted by molar-refractivity contribution is 9.10. The molecule has 0 aliphatic carbocycles. The quantitative estimate of drug-likeness (QED) is 0.888. The zero-order chi connectivity index (χ0) is 11.5. The molecule has 2 nitrogen and oxygen atoms in total. The predicted octanol–water partition coefficient (Wildman–Crippen LogP) is 4.66. The molecule has 2 rings (SSSR count). The van der Waals surface area contributed by atoms with Crippen molar-refractivity contribution in [1.82, 2.24) is 4.98 Å². The summed E-state index contributed by atoms with van der Waals surface area (Å²) in [5.74, 6) is 0. The molecule has 1 aromatic carbocycles. The number of halogens is 1. The van der Waals surface area contributed by atoms with Crippen LogP contribution in [-0.2, 0) is 0 Å². The lowest BCUT2D eigenvalue weighted by atomic mass is 10.2. The zero-order valence-corrected chi connectivity index (χ0v) is 11.9. The molecule has 0 amide bonds. The number of hydrogen-bond acceptors (Lipinski definition) is 3. The van der Waals surface area contributed by atoms with Gasteiger partial charge in [-0.25, -0.2) is 4.98 Å². The van der Waals surface area contributed by atoms with Crippen LogP contribution in [0, 0.1) is 0 Å². The first-order chi connectivity index (χ1) is 7.72. The third kappa shape index (κ3) is 2.55. The molecule has 1 aromatic heterocycles. The van der Waals surface area contributed by atoms with Gasteiger partial charge in [-0.05, 0) is 31.0 Å². The number of aromatic nitrogens is 1. The van der Waals surface area contributed by atoms with Crippen molar-refractivity contribution in [2.24, 2.45) is 0 Å². The largest absolute Gasteiger partial charge is 0.359 e. The lowest BCUT2D eigenvalue weighted by Gasteiger charge is -2.12. The molecule has 0 radical (unpaired) electrons. The maximum Gasteiger partial charge on any atom is 0.184 e. The molecule has 0 fully saturated rings. The van der Waals surface area contributed by atoms with Gasteiger partial charge in [0.2, 0.25) is 0 Å². The smallest absolute Gasteiger partial charge is 0.184 e. The Morgan fingerprint density at radius 2 is 2.12 bits per heavy atom. The van der Waals surface area contributed by atoms with E-state index in [4.69, 9.17) is 0 Å². The standard InChI is InChI=1S/C12H15BrN2S/c1-3-9(4-2)14-12-15-10-7-8(13)5-6-11(10)16-12/h5-7,9H,3-4H2,1-2H3,(H,14,15). The van der Waals surface area contributed by atoms with Gasteiger partial charge in [-0.1, -0.05) is 41.1 Å². The highest BCUT2D eigenvalue weighted by Gasteiger charge is 2.07. The molecule has 86 valence electrons. The zero-order valence-electron chi connectivity index (χ0n) is 9.46. The van der Waals surface area contributed by atoms with Crippen LogP contribution in [-0.4, -0.2) is 11.0 Å². The Kier molecular flexibility index (Phi) is 3.82. The Bertz CT molecular complexity index is 477. The van der Waals surface area contributed by atoms with Gasteiger partial charge in [-0.15, -0.1) is 0 Å². The van der Waals surface area contributed by atoms with Crippen LogP contribution in [0.25, 0.3) is 10.2 Å². The van der Waals surface area contributed by atoms with Crippen LogP contribution in [0.3, 0.4) is 0 Å². The molecule has 0 spiro atoms. The van der Waals surface area contributed by atoms with Crippen LogP contribution < -0.4 is 5.32 Å². The normalized spacial score (nSPS) is 11.2. The summed E-state index contributed by atoms with van der Waals surface area (Å²) >= 11 is 5.19. The fourth-order valence-electron chi connectivity index (χ4n) is 1.63. The van der Waals surface area contributed by atoms with Crippen LogP contribution in [0.1, 0.15) is 26.7 Å². The SMILES string of the molecule is CCC(CC)Nc1nc2cc(Br)ccc2s1. The fourth-order valence-corrected chi connectivity index (χ4v) is 2.90. The minimum Gasteiger partial charge on any atom is -0.359 e. The van der Waals surface area contributed by atoms with Crippen LogP contribution in [0.2, 0.25) is 0 Å². The van der Waals surface area contributed by atoms with Gasteiger partial charge >= 0.3 is 0 Å². The summed E-state index contributed by atoms with van der Waals surface area (Å²) in [7, 11) is 0. The molecule has 0 unspecified atom stereocenters. The van der Waals surface area contributed by atoms with E-state index in [2.05, 4.69) is 58.3 Å². The molecular weight excluding hydrogens is 284 g/mol. The molecule has 1 N–H and O–H groups in total. The number of anilines is 1. The lowest BCUT2D eigenvalue weighted by molar-refractivity contribution is 0.671. The highest BCUT2D eigenvalue weighted by atomic mass is 79.9. The van der Waals surface area contributed by atoms with Crippen molar-refractivity contribution in [2.45, 2.75) is 32.7 Å². The van der Waals surface area contributed by atoms with Gasteiger partial charge in [0.05, 0.1) is 10.2 Å². The van der Waals surface area contributed by atoms with E-state index < -0.39 is 0 Å². The second kappa shape index (κ2) is 5.15. The Balaban J connectivity index is 2.25. The molecule has 0 atom stereocenters. The van der Waals surface area contributed by atoms with Gasteiger partial charge in [-0.3, -0.25) is 0 Å². The van der Waals surface area contributed by atoms with E-state index in [0.717, 1.165) is 28.0 Å². The lowest BCUT2D eigenvalue weighted by Crippen LogP contribution is -2.16. The van der Waals surface area contributed by atoms with E-state index in [0.29, 0.717) is 6.04 Å². The van der Waals surface area contributed by atoms with Gasteiger partial charge in [0, 0.05) is 10.5 Å². The first-order valence-electron chi connectivity index (χ1n) is 5.55. The summed E-state index contributed by atoms with van der Waals surface area (Å²) in [5.41, 5.74) is 1.06. The molecule has 1 heterocycles. The molecule has 0 aliphatic rings. The topological polar surface area (TPSA) is 24.9 Å². The molecule has 2 aromatic rings. The number of nitrogens with zero attached hydrogens (tertiary/aromatic N) is 1. The van der Waals surface area contributed by atoms with E-state index in [1.165, 1.54) is 4.70 Å².